The maximum absolute atomic E-state index is 9.13. The fraction of sp³-hybridized carbons (Fsp3) is 0.500. The van der Waals surface area contributed by atoms with Gasteiger partial charge in [0, 0.05) is 0 Å². The molecule has 0 unspecified atom stereocenters. The van der Waals surface area contributed by atoms with E-state index in [9.17, 15) is 0 Å². The zero-order valence-corrected chi connectivity index (χ0v) is 2.60. The Labute approximate surface area is 29.4 Å². The lowest BCUT2D eigenvalue weighted by molar-refractivity contribution is -0.141. The van der Waals surface area contributed by atoms with E-state index in [4.69, 9.17) is 9.90 Å². The monoisotopic (exact) mass is 74.0 g/mol. The predicted molar refractivity (Wildman–Crippen MR) is 14.7 cm³/mol. The fourth-order valence-electron chi connectivity index (χ4n) is 0. The van der Waals surface area contributed by atoms with Crippen LogP contribution in [0.5, 0.6) is 0 Å². The minimum Gasteiger partial charge on any atom is -0.321 e. The van der Waals surface area contributed by atoms with Gasteiger partial charge in [0.15, 0.2) is 0 Å². The van der Waals surface area contributed by atoms with Crippen LogP contribution >= 0.6 is 0 Å². The summed E-state index contributed by atoms with van der Waals surface area (Å²) in [5.74, 6) is -1.22. The highest BCUT2D eigenvalue weighted by molar-refractivity contribution is 5.68. The second-order valence-electron chi connectivity index (χ2n) is 0.576. The number of carbonyl (C=O) groups excluding carboxylic acids is 1. The van der Waals surface area contributed by atoms with Gasteiger partial charge in [-0.15, -0.1) is 0 Å². The van der Waals surface area contributed by atoms with E-state index < -0.39 is 5.97 Å². The largest absolute Gasteiger partial charge is 0.368 e. The number of hydrogen-bond acceptors (Lipinski definition) is 2. The highest BCUT2D eigenvalue weighted by Crippen LogP contribution is 1.46. The van der Waals surface area contributed by atoms with Crippen LogP contribution in [-0.2, 0) is 9.90 Å². The molecule has 0 aromatic carbocycles. The van der Waals surface area contributed by atoms with E-state index in [2.05, 4.69) is 5.73 Å². The summed E-state index contributed by atoms with van der Waals surface area (Å²) < 4.78 is 0. The summed E-state index contributed by atoms with van der Waals surface area (Å²) in [5, 5.41) is 9.13. The summed E-state index contributed by atoms with van der Waals surface area (Å²) in [6.07, 6.45) is 0. The van der Waals surface area contributed by atoms with E-state index in [1.54, 1.807) is 0 Å². The molecule has 3 nitrogen and oxygen atoms in total. The molecule has 0 heterocycles. The van der Waals surface area contributed by atoms with E-state index in [1.165, 1.54) is 0 Å². The third-order valence-corrected chi connectivity index (χ3v) is 0.167. The fourth-order valence-corrected chi connectivity index (χ4v) is 0. The maximum atomic E-state index is 9.13. The van der Waals surface area contributed by atoms with Crippen molar-refractivity contribution < 1.29 is 9.90 Å². The molecule has 1 radical (unpaired) electrons. The lowest BCUT2D eigenvalue weighted by atomic mass is 10.7. The Bertz CT molecular complexity index is 42.9. The molecule has 0 saturated heterocycles. The van der Waals surface area contributed by atoms with E-state index in [0.29, 0.717) is 0 Å². The summed E-state index contributed by atoms with van der Waals surface area (Å²) in [5.41, 5.74) is 4.51. The van der Waals surface area contributed by atoms with Gasteiger partial charge in [-0.25, -0.2) is 9.90 Å². The standard InChI is InChI=1S/C2H4NO2/c3-1-2(4)5/h1,3H2. The molecule has 0 aromatic heterocycles. The van der Waals surface area contributed by atoms with Gasteiger partial charge < -0.3 is 5.73 Å². The normalized spacial score (nSPS) is 7.40. The number of rotatable bonds is 1. The van der Waals surface area contributed by atoms with Crippen LogP contribution in [0.1, 0.15) is 0 Å². The van der Waals surface area contributed by atoms with Crippen molar-refractivity contribution in [1.29, 1.82) is 0 Å². The van der Waals surface area contributed by atoms with Gasteiger partial charge in [0.1, 0.15) is 0 Å². The number of nitrogens with two attached hydrogens (primary N) is 1. The van der Waals surface area contributed by atoms with Crippen LogP contribution in [0.4, 0.5) is 0 Å². The Morgan fingerprint density at radius 1 is 1.80 bits per heavy atom. The van der Waals surface area contributed by atoms with Crippen LogP contribution in [0.15, 0.2) is 0 Å². The van der Waals surface area contributed by atoms with Gasteiger partial charge in [-0.3, -0.25) is 0 Å². The minimum atomic E-state index is -1.22. The van der Waals surface area contributed by atoms with Crippen molar-refractivity contribution in [3.63, 3.8) is 0 Å². The van der Waals surface area contributed by atoms with Crippen LogP contribution in [0.3, 0.4) is 0 Å². The summed E-state index contributed by atoms with van der Waals surface area (Å²) >= 11 is 0. The predicted octanol–water partition coefficient (Wildman–Crippen LogP) is -1.10. The average molecular weight is 74.1 g/mol. The lowest BCUT2D eigenvalue weighted by Crippen LogP contribution is -2.09. The molecule has 29 valence electrons. The van der Waals surface area contributed by atoms with E-state index in [0.717, 1.165) is 0 Å². The molecule has 0 bridgehead atoms. The van der Waals surface area contributed by atoms with Gasteiger partial charge in [-0.1, -0.05) is 0 Å². The van der Waals surface area contributed by atoms with Crippen LogP contribution < -0.4 is 5.73 Å². The molecule has 0 saturated carbocycles. The third kappa shape index (κ3) is 3.43. The summed E-state index contributed by atoms with van der Waals surface area (Å²) in [6, 6.07) is 0. The molecule has 0 amide bonds. The molecular formula is C2H4NO2. The van der Waals surface area contributed by atoms with Crippen LogP contribution in [-0.4, -0.2) is 12.5 Å². The van der Waals surface area contributed by atoms with E-state index >= 15 is 0 Å². The Morgan fingerprint density at radius 2 is 2.00 bits per heavy atom. The van der Waals surface area contributed by atoms with Crippen molar-refractivity contribution in [2.24, 2.45) is 5.73 Å². The molecule has 0 aliphatic heterocycles. The van der Waals surface area contributed by atoms with Gasteiger partial charge in [-0.05, 0) is 0 Å². The van der Waals surface area contributed by atoms with Crippen molar-refractivity contribution in [2.75, 3.05) is 6.54 Å². The SMILES string of the molecule is NCC([O])=O. The first-order valence-electron chi connectivity index (χ1n) is 1.17. The Kier molecular flexibility index (Phi) is 1.53. The second-order valence-corrected chi connectivity index (χ2v) is 0.576. The molecule has 0 atom stereocenters. The molecule has 0 aliphatic rings. The molecule has 0 aliphatic carbocycles. The second kappa shape index (κ2) is 1.72. The van der Waals surface area contributed by atoms with Crippen molar-refractivity contribution >= 4 is 5.97 Å². The average Bonchev–Trinajstić information content (AvgIpc) is 1.38. The summed E-state index contributed by atoms with van der Waals surface area (Å²) in [7, 11) is 0. The zero-order chi connectivity index (χ0) is 4.28. The van der Waals surface area contributed by atoms with Crippen molar-refractivity contribution in [3.8, 4) is 0 Å². The third-order valence-electron chi connectivity index (χ3n) is 0.167. The van der Waals surface area contributed by atoms with E-state index in [1.807, 2.05) is 0 Å². The van der Waals surface area contributed by atoms with Gasteiger partial charge in [0.05, 0.1) is 6.54 Å². The Morgan fingerprint density at radius 3 is 2.00 bits per heavy atom. The van der Waals surface area contributed by atoms with E-state index in [-0.39, 0.29) is 6.54 Å². The number of hydrogen-bond donors (Lipinski definition) is 1. The van der Waals surface area contributed by atoms with Gasteiger partial charge in [0.25, 0.3) is 0 Å². The molecule has 3 heteroatoms. The van der Waals surface area contributed by atoms with Crippen molar-refractivity contribution in [1.82, 2.24) is 0 Å². The van der Waals surface area contributed by atoms with Crippen molar-refractivity contribution in [3.05, 3.63) is 0 Å². The molecule has 5 heavy (non-hydrogen) atoms. The first kappa shape index (κ1) is 4.43. The summed E-state index contributed by atoms with van der Waals surface area (Å²) in [6.45, 7) is -0.389. The van der Waals surface area contributed by atoms with Crippen LogP contribution in [0.2, 0.25) is 0 Å². The molecule has 0 spiro atoms. The Balaban J connectivity index is 2.85. The molecule has 0 rings (SSSR count). The zero-order valence-electron chi connectivity index (χ0n) is 2.60. The number of carbonyl (C=O) groups is 1. The first-order valence-corrected chi connectivity index (χ1v) is 1.17. The highest BCUT2D eigenvalue weighted by atomic mass is 16.4. The topological polar surface area (TPSA) is 63.0 Å². The molecular weight excluding hydrogens is 70.0 g/mol. The van der Waals surface area contributed by atoms with Crippen molar-refractivity contribution in [2.45, 2.75) is 0 Å². The minimum absolute atomic E-state index is 0.389. The highest BCUT2D eigenvalue weighted by Gasteiger charge is 1.86. The molecule has 2 N–H and O–H groups in total. The van der Waals surface area contributed by atoms with Gasteiger partial charge >= 0.3 is 5.97 Å². The maximum Gasteiger partial charge on any atom is 0.368 e. The van der Waals surface area contributed by atoms with Crippen LogP contribution in [0.25, 0.3) is 0 Å². The van der Waals surface area contributed by atoms with Gasteiger partial charge in [-0.2, -0.15) is 0 Å². The smallest absolute Gasteiger partial charge is 0.321 e. The first-order chi connectivity index (χ1) is 2.27. The van der Waals surface area contributed by atoms with Gasteiger partial charge in [0.2, 0.25) is 0 Å². The lowest BCUT2D eigenvalue weighted by Gasteiger charge is -1.67. The van der Waals surface area contributed by atoms with Crippen LogP contribution in [0, 0.1) is 0 Å². The quantitative estimate of drug-likeness (QED) is 0.429. The molecule has 0 fully saturated rings. The summed E-state index contributed by atoms with van der Waals surface area (Å²) in [4.78, 5) is 9.13. The molecule has 0 aromatic rings. The Hall–Kier alpha value is -0.570.